The SMILES string of the molecule is CCC(C)C1CNCCN1Cc1nc(C)c(C)s1. The Morgan fingerprint density at radius 3 is 2.89 bits per heavy atom. The molecule has 1 aromatic heterocycles. The summed E-state index contributed by atoms with van der Waals surface area (Å²) in [7, 11) is 0. The van der Waals surface area contributed by atoms with Crippen molar-refractivity contribution in [3.05, 3.63) is 15.6 Å². The van der Waals surface area contributed by atoms with Gasteiger partial charge in [-0.15, -0.1) is 11.3 Å². The fourth-order valence-corrected chi connectivity index (χ4v) is 3.54. The molecule has 0 aliphatic carbocycles. The zero-order chi connectivity index (χ0) is 13.1. The molecular formula is C14H25N3S. The molecule has 4 heteroatoms. The van der Waals surface area contributed by atoms with Crippen LogP contribution in [0, 0.1) is 19.8 Å². The summed E-state index contributed by atoms with van der Waals surface area (Å²) in [4.78, 5) is 8.66. The summed E-state index contributed by atoms with van der Waals surface area (Å²) in [5.41, 5.74) is 1.20. The van der Waals surface area contributed by atoms with Crippen LogP contribution >= 0.6 is 11.3 Å². The van der Waals surface area contributed by atoms with E-state index in [-0.39, 0.29) is 0 Å². The van der Waals surface area contributed by atoms with Gasteiger partial charge in [0.2, 0.25) is 0 Å². The summed E-state index contributed by atoms with van der Waals surface area (Å²) in [5, 5.41) is 4.80. The average molecular weight is 267 g/mol. The van der Waals surface area contributed by atoms with E-state index in [1.807, 2.05) is 11.3 Å². The number of piperazine rings is 1. The number of rotatable bonds is 4. The van der Waals surface area contributed by atoms with E-state index in [1.165, 1.54) is 22.0 Å². The van der Waals surface area contributed by atoms with Crippen molar-refractivity contribution in [1.82, 2.24) is 15.2 Å². The van der Waals surface area contributed by atoms with E-state index in [0.29, 0.717) is 6.04 Å². The first-order valence-electron chi connectivity index (χ1n) is 6.99. The molecule has 2 rings (SSSR count). The number of nitrogens with zero attached hydrogens (tertiary/aromatic N) is 2. The molecule has 2 heterocycles. The van der Waals surface area contributed by atoms with Gasteiger partial charge in [-0.3, -0.25) is 4.90 Å². The zero-order valence-corrected chi connectivity index (χ0v) is 12.8. The Labute approximate surface area is 115 Å². The first-order chi connectivity index (χ1) is 8.61. The summed E-state index contributed by atoms with van der Waals surface area (Å²) in [6, 6.07) is 0.660. The average Bonchev–Trinajstić information content (AvgIpc) is 2.68. The Kier molecular flexibility index (Phi) is 4.76. The third-order valence-corrected chi connectivity index (χ3v) is 5.17. The van der Waals surface area contributed by atoms with Gasteiger partial charge in [0.05, 0.1) is 12.2 Å². The highest BCUT2D eigenvalue weighted by Gasteiger charge is 2.26. The lowest BCUT2D eigenvalue weighted by Gasteiger charge is -2.39. The predicted molar refractivity (Wildman–Crippen MR) is 78.1 cm³/mol. The highest BCUT2D eigenvalue weighted by Crippen LogP contribution is 2.22. The second-order valence-corrected chi connectivity index (χ2v) is 6.66. The lowest BCUT2D eigenvalue weighted by Crippen LogP contribution is -2.53. The van der Waals surface area contributed by atoms with Crippen molar-refractivity contribution in [2.45, 2.75) is 46.7 Å². The number of hydrogen-bond donors (Lipinski definition) is 1. The Morgan fingerprint density at radius 2 is 2.28 bits per heavy atom. The van der Waals surface area contributed by atoms with E-state index in [1.54, 1.807) is 0 Å². The van der Waals surface area contributed by atoms with Crippen molar-refractivity contribution in [2.24, 2.45) is 5.92 Å². The van der Waals surface area contributed by atoms with Crippen LogP contribution < -0.4 is 5.32 Å². The van der Waals surface area contributed by atoms with Gasteiger partial charge in [0, 0.05) is 30.6 Å². The van der Waals surface area contributed by atoms with Crippen LogP contribution in [0.15, 0.2) is 0 Å². The number of thiazole rings is 1. The summed E-state index contributed by atoms with van der Waals surface area (Å²) in [6.45, 7) is 13.3. The topological polar surface area (TPSA) is 28.2 Å². The molecule has 2 unspecified atom stereocenters. The van der Waals surface area contributed by atoms with Crippen LogP contribution in [0.5, 0.6) is 0 Å². The molecule has 0 aromatic carbocycles. The minimum absolute atomic E-state index is 0.660. The predicted octanol–water partition coefficient (Wildman–Crippen LogP) is 2.58. The van der Waals surface area contributed by atoms with Crippen molar-refractivity contribution in [3.8, 4) is 0 Å². The summed E-state index contributed by atoms with van der Waals surface area (Å²) >= 11 is 1.86. The molecule has 0 radical (unpaired) electrons. The Bertz CT molecular complexity index is 369. The van der Waals surface area contributed by atoms with Gasteiger partial charge in [0.25, 0.3) is 0 Å². The fraction of sp³-hybridized carbons (Fsp3) is 0.786. The molecule has 1 saturated heterocycles. The number of hydrogen-bond acceptors (Lipinski definition) is 4. The lowest BCUT2D eigenvalue weighted by molar-refractivity contribution is 0.109. The first kappa shape index (κ1) is 14.0. The van der Waals surface area contributed by atoms with E-state index in [0.717, 1.165) is 32.1 Å². The molecule has 3 nitrogen and oxygen atoms in total. The monoisotopic (exact) mass is 267 g/mol. The van der Waals surface area contributed by atoms with Gasteiger partial charge in [-0.05, 0) is 19.8 Å². The van der Waals surface area contributed by atoms with Gasteiger partial charge < -0.3 is 5.32 Å². The van der Waals surface area contributed by atoms with Gasteiger partial charge in [0.1, 0.15) is 5.01 Å². The molecule has 2 atom stereocenters. The van der Waals surface area contributed by atoms with Crippen LogP contribution in [0.3, 0.4) is 0 Å². The molecule has 1 N–H and O–H groups in total. The maximum absolute atomic E-state index is 4.68. The van der Waals surface area contributed by atoms with Gasteiger partial charge in [0.15, 0.2) is 0 Å². The second kappa shape index (κ2) is 6.13. The molecule has 1 fully saturated rings. The molecule has 102 valence electrons. The largest absolute Gasteiger partial charge is 0.314 e. The number of nitrogens with one attached hydrogen (secondary N) is 1. The normalized spacial score (nSPS) is 23.2. The minimum Gasteiger partial charge on any atom is -0.314 e. The molecule has 0 spiro atoms. The second-order valence-electron chi connectivity index (χ2n) is 5.38. The highest BCUT2D eigenvalue weighted by atomic mass is 32.1. The minimum atomic E-state index is 0.660. The summed E-state index contributed by atoms with van der Waals surface area (Å²) in [5.74, 6) is 0.750. The molecule has 1 aliphatic heterocycles. The quantitative estimate of drug-likeness (QED) is 0.909. The molecule has 1 aromatic rings. The van der Waals surface area contributed by atoms with Crippen molar-refractivity contribution >= 4 is 11.3 Å². The fourth-order valence-electron chi connectivity index (χ4n) is 2.58. The van der Waals surface area contributed by atoms with Crippen LogP contribution in [-0.4, -0.2) is 35.6 Å². The summed E-state index contributed by atoms with van der Waals surface area (Å²) in [6.07, 6.45) is 1.25. The van der Waals surface area contributed by atoms with Crippen molar-refractivity contribution in [2.75, 3.05) is 19.6 Å². The number of aromatic nitrogens is 1. The van der Waals surface area contributed by atoms with Crippen LogP contribution in [-0.2, 0) is 6.54 Å². The molecule has 0 amide bonds. The van der Waals surface area contributed by atoms with E-state index in [2.05, 4.69) is 42.9 Å². The van der Waals surface area contributed by atoms with E-state index in [4.69, 9.17) is 0 Å². The first-order valence-corrected chi connectivity index (χ1v) is 7.81. The molecular weight excluding hydrogens is 242 g/mol. The Hall–Kier alpha value is -0.450. The van der Waals surface area contributed by atoms with Crippen LogP contribution in [0.1, 0.15) is 35.8 Å². The molecule has 0 bridgehead atoms. The van der Waals surface area contributed by atoms with Crippen LogP contribution in [0.2, 0.25) is 0 Å². The lowest BCUT2D eigenvalue weighted by atomic mass is 9.96. The maximum atomic E-state index is 4.68. The van der Waals surface area contributed by atoms with Crippen molar-refractivity contribution in [3.63, 3.8) is 0 Å². The standard InChI is InChI=1S/C14H25N3S/c1-5-10(2)13-8-15-6-7-17(13)9-14-16-11(3)12(4)18-14/h10,13,15H,5-9H2,1-4H3. The summed E-state index contributed by atoms with van der Waals surface area (Å²) < 4.78 is 0. The van der Waals surface area contributed by atoms with Crippen molar-refractivity contribution < 1.29 is 0 Å². The van der Waals surface area contributed by atoms with Crippen LogP contribution in [0.25, 0.3) is 0 Å². The zero-order valence-electron chi connectivity index (χ0n) is 12.0. The Balaban J connectivity index is 2.05. The highest BCUT2D eigenvalue weighted by molar-refractivity contribution is 7.11. The van der Waals surface area contributed by atoms with E-state index >= 15 is 0 Å². The molecule has 18 heavy (non-hydrogen) atoms. The Morgan fingerprint density at radius 1 is 1.50 bits per heavy atom. The molecule has 0 saturated carbocycles. The van der Waals surface area contributed by atoms with Gasteiger partial charge in [-0.2, -0.15) is 0 Å². The van der Waals surface area contributed by atoms with Crippen molar-refractivity contribution in [1.29, 1.82) is 0 Å². The van der Waals surface area contributed by atoms with E-state index in [9.17, 15) is 0 Å². The maximum Gasteiger partial charge on any atom is 0.107 e. The number of aryl methyl sites for hydroxylation is 2. The third-order valence-electron chi connectivity index (χ3n) is 4.11. The van der Waals surface area contributed by atoms with Crippen LogP contribution in [0.4, 0.5) is 0 Å². The smallest absolute Gasteiger partial charge is 0.107 e. The van der Waals surface area contributed by atoms with Gasteiger partial charge >= 0.3 is 0 Å². The van der Waals surface area contributed by atoms with Gasteiger partial charge in [-0.1, -0.05) is 20.3 Å². The molecule has 1 aliphatic rings. The van der Waals surface area contributed by atoms with E-state index < -0.39 is 0 Å². The third kappa shape index (κ3) is 3.11. The van der Waals surface area contributed by atoms with Gasteiger partial charge in [-0.25, -0.2) is 4.98 Å².